The molecular formula is C49H42N4. The highest BCUT2D eigenvalue weighted by Gasteiger charge is 2.46. The smallest absolute Gasteiger partial charge is 0.0714 e. The summed E-state index contributed by atoms with van der Waals surface area (Å²) in [5, 5.41) is 4.41. The molecule has 0 radical (unpaired) electrons. The van der Waals surface area contributed by atoms with Crippen molar-refractivity contribution in [1.82, 2.24) is 19.9 Å². The second-order valence-electron chi connectivity index (χ2n) is 16.4. The van der Waals surface area contributed by atoms with Crippen LogP contribution in [0.15, 0.2) is 146 Å². The van der Waals surface area contributed by atoms with Crippen molar-refractivity contribution in [2.45, 2.75) is 57.8 Å². The number of hydrogen-bond donors (Lipinski definition) is 0. The fourth-order valence-electron chi connectivity index (χ4n) is 8.39. The molecule has 4 aromatic heterocycles. The molecule has 0 spiro atoms. The molecule has 4 heterocycles. The standard InChI is InChI=1S/C49H42N4/c1-47(2,3)33-15-21-52-45(27-33)41-25-35(23-31-29-50-19-17-37(31)41)49(43-13-9-7-11-39(43)40-12-8-10-14-44(40)49)36-24-32-30-51-20-18-38(32)42(26-36)46-28-34(16-22-53-46)48(4,5)6/h7-30H,1-6H3. The molecule has 0 saturated carbocycles. The van der Waals surface area contributed by atoms with Gasteiger partial charge in [-0.25, -0.2) is 0 Å². The Morgan fingerprint density at radius 1 is 0.434 bits per heavy atom. The van der Waals surface area contributed by atoms with Crippen LogP contribution in [0.2, 0.25) is 0 Å². The molecule has 0 amide bonds. The maximum absolute atomic E-state index is 5.01. The Balaban J connectivity index is 1.42. The van der Waals surface area contributed by atoms with E-state index in [9.17, 15) is 0 Å². The Morgan fingerprint density at radius 2 is 0.868 bits per heavy atom. The Kier molecular flexibility index (Phi) is 7.46. The van der Waals surface area contributed by atoms with E-state index in [4.69, 9.17) is 9.97 Å². The van der Waals surface area contributed by atoms with E-state index in [1.165, 1.54) is 44.5 Å². The zero-order valence-corrected chi connectivity index (χ0v) is 31.1. The Labute approximate surface area is 311 Å². The number of aromatic nitrogens is 4. The number of fused-ring (bicyclic) bond motifs is 5. The fraction of sp³-hybridized carbons (Fsp3) is 0.184. The van der Waals surface area contributed by atoms with Crippen molar-refractivity contribution in [1.29, 1.82) is 0 Å². The number of pyridine rings is 4. The molecule has 4 aromatic carbocycles. The molecule has 8 aromatic rings. The van der Waals surface area contributed by atoms with Crippen LogP contribution in [0.5, 0.6) is 0 Å². The van der Waals surface area contributed by atoms with Gasteiger partial charge in [0.1, 0.15) is 0 Å². The van der Waals surface area contributed by atoms with Crippen LogP contribution in [0.3, 0.4) is 0 Å². The average molecular weight is 687 g/mol. The summed E-state index contributed by atoms with van der Waals surface area (Å²) >= 11 is 0. The lowest BCUT2D eigenvalue weighted by atomic mass is 9.66. The average Bonchev–Trinajstić information content (AvgIpc) is 3.47. The highest BCUT2D eigenvalue weighted by Crippen LogP contribution is 2.57. The Morgan fingerprint density at radius 3 is 1.30 bits per heavy atom. The van der Waals surface area contributed by atoms with Gasteiger partial charge >= 0.3 is 0 Å². The minimum absolute atomic E-state index is 0.0227. The van der Waals surface area contributed by atoms with Crippen LogP contribution in [0.1, 0.15) is 74.9 Å². The molecule has 53 heavy (non-hydrogen) atoms. The van der Waals surface area contributed by atoms with E-state index in [0.29, 0.717) is 0 Å². The van der Waals surface area contributed by atoms with Gasteiger partial charge in [0.15, 0.2) is 0 Å². The molecule has 0 bridgehead atoms. The third-order valence-corrected chi connectivity index (χ3v) is 11.1. The lowest BCUT2D eigenvalue weighted by molar-refractivity contribution is 0.589. The maximum atomic E-state index is 5.01. The van der Waals surface area contributed by atoms with E-state index in [1.54, 1.807) is 0 Å². The van der Waals surface area contributed by atoms with E-state index < -0.39 is 5.41 Å². The predicted octanol–water partition coefficient (Wildman–Crippen LogP) is 11.9. The van der Waals surface area contributed by atoms with Crippen LogP contribution in [-0.4, -0.2) is 19.9 Å². The van der Waals surface area contributed by atoms with Crippen LogP contribution in [0, 0.1) is 0 Å². The van der Waals surface area contributed by atoms with Crippen LogP contribution >= 0.6 is 0 Å². The first kappa shape index (κ1) is 32.9. The van der Waals surface area contributed by atoms with Crippen molar-refractivity contribution in [2.75, 3.05) is 0 Å². The maximum Gasteiger partial charge on any atom is 0.0714 e. The van der Waals surface area contributed by atoms with Gasteiger partial charge in [0.2, 0.25) is 0 Å². The molecule has 0 N–H and O–H groups in total. The van der Waals surface area contributed by atoms with Gasteiger partial charge in [-0.1, -0.05) is 90.1 Å². The molecule has 1 aliphatic carbocycles. The zero-order chi connectivity index (χ0) is 36.5. The van der Waals surface area contributed by atoms with E-state index in [2.05, 4.69) is 161 Å². The third-order valence-electron chi connectivity index (χ3n) is 11.1. The molecule has 4 nitrogen and oxygen atoms in total. The fourth-order valence-corrected chi connectivity index (χ4v) is 8.39. The minimum atomic E-state index is -0.673. The van der Waals surface area contributed by atoms with Gasteiger partial charge in [0.25, 0.3) is 0 Å². The molecular weight excluding hydrogens is 645 g/mol. The van der Waals surface area contributed by atoms with Crippen LogP contribution < -0.4 is 0 Å². The summed E-state index contributed by atoms with van der Waals surface area (Å²) in [6.07, 6.45) is 11.7. The van der Waals surface area contributed by atoms with Crippen LogP contribution in [0.4, 0.5) is 0 Å². The number of benzene rings is 4. The summed E-state index contributed by atoms with van der Waals surface area (Å²) in [5.74, 6) is 0. The largest absolute Gasteiger partial charge is 0.264 e. The van der Waals surface area contributed by atoms with E-state index in [1.807, 2.05) is 37.2 Å². The van der Waals surface area contributed by atoms with Gasteiger partial charge in [-0.3, -0.25) is 19.9 Å². The van der Waals surface area contributed by atoms with Gasteiger partial charge in [0, 0.05) is 59.1 Å². The van der Waals surface area contributed by atoms with E-state index in [0.717, 1.165) is 44.1 Å². The first-order valence-corrected chi connectivity index (χ1v) is 18.4. The summed E-state index contributed by atoms with van der Waals surface area (Å²) in [5.41, 5.74) is 13.2. The number of rotatable bonds is 4. The molecule has 0 unspecified atom stereocenters. The zero-order valence-electron chi connectivity index (χ0n) is 31.1. The Bertz CT molecular complexity index is 2520. The van der Waals surface area contributed by atoms with Crippen molar-refractivity contribution in [2.24, 2.45) is 0 Å². The van der Waals surface area contributed by atoms with Crippen molar-refractivity contribution in [3.05, 3.63) is 180 Å². The summed E-state index contributed by atoms with van der Waals surface area (Å²) in [7, 11) is 0. The topological polar surface area (TPSA) is 51.6 Å². The highest BCUT2D eigenvalue weighted by molar-refractivity contribution is 6.00. The van der Waals surface area contributed by atoms with Gasteiger partial charge in [0.05, 0.1) is 16.8 Å². The van der Waals surface area contributed by atoms with Crippen molar-refractivity contribution < 1.29 is 0 Å². The van der Waals surface area contributed by atoms with Gasteiger partial charge in [-0.05, 0) is 127 Å². The quantitative estimate of drug-likeness (QED) is 0.185. The second-order valence-corrected chi connectivity index (χ2v) is 16.4. The normalized spacial score (nSPS) is 13.6. The van der Waals surface area contributed by atoms with E-state index in [-0.39, 0.29) is 10.8 Å². The lowest BCUT2D eigenvalue weighted by Crippen LogP contribution is -2.29. The predicted molar refractivity (Wildman–Crippen MR) is 218 cm³/mol. The summed E-state index contributed by atoms with van der Waals surface area (Å²) in [6, 6.07) is 40.3. The second kappa shape index (κ2) is 12.0. The molecule has 0 fully saturated rings. The Hall–Kier alpha value is -6.00. The van der Waals surface area contributed by atoms with Gasteiger partial charge < -0.3 is 0 Å². The minimum Gasteiger partial charge on any atom is -0.264 e. The third kappa shape index (κ3) is 5.27. The first-order chi connectivity index (χ1) is 25.5. The monoisotopic (exact) mass is 686 g/mol. The van der Waals surface area contributed by atoms with Gasteiger partial charge in [-0.15, -0.1) is 0 Å². The first-order valence-electron chi connectivity index (χ1n) is 18.4. The van der Waals surface area contributed by atoms with Gasteiger partial charge in [-0.2, -0.15) is 0 Å². The highest BCUT2D eigenvalue weighted by atomic mass is 14.7. The van der Waals surface area contributed by atoms with Crippen molar-refractivity contribution in [3.63, 3.8) is 0 Å². The summed E-state index contributed by atoms with van der Waals surface area (Å²) < 4.78 is 0. The van der Waals surface area contributed by atoms with Crippen LogP contribution in [-0.2, 0) is 16.2 Å². The SMILES string of the molecule is CC(C)(C)c1ccnc(-c2cc(C3(c4cc(-c5cc(C(C)(C)C)ccn5)c5ccncc5c4)c4ccccc4-c4ccccc43)cc3cnccc23)c1. The summed E-state index contributed by atoms with van der Waals surface area (Å²) in [6.45, 7) is 13.5. The lowest BCUT2D eigenvalue weighted by Gasteiger charge is -2.35. The molecule has 258 valence electrons. The number of hydrogen-bond acceptors (Lipinski definition) is 4. The molecule has 4 heteroatoms. The van der Waals surface area contributed by atoms with Crippen molar-refractivity contribution >= 4 is 21.5 Å². The molecule has 0 saturated heterocycles. The number of nitrogens with zero attached hydrogens (tertiary/aromatic N) is 4. The molecule has 1 aliphatic rings. The molecule has 0 atom stereocenters. The van der Waals surface area contributed by atoms with Crippen LogP contribution in [0.25, 0.3) is 55.2 Å². The molecule has 9 rings (SSSR count). The van der Waals surface area contributed by atoms with E-state index >= 15 is 0 Å². The molecule has 0 aliphatic heterocycles. The summed E-state index contributed by atoms with van der Waals surface area (Å²) in [4.78, 5) is 19.3. The van der Waals surface area contributed by atoms with Crippen molar-refractivity contribution in [3.8, 4) is 33.6 Å².